The normalized spacial score (nSPS) is 32.6. The smallest absolute Gasteiger partial charge is 0.225 e. The molecule has 3 aliphatic heterocycles. The Morgan fingerprint density at radius 1 is 0.902 bits per heavy atom. The lowest BCUT2D eigenvalue weighted by Gasteiger charge is -2.48. The molecule has 3 fully saturated rings. The first-order chi connectivity index (χ1) is 24.1. The molecular weight excluding hydrogens is 648 g/mol. The van der Waals surface area contributed by atoms with Gasteiger partial charge in [-0.25, -0.2) is 0 Å². The number of hydrogen-bond acceptors (Lipinski definition) is 8. The summed E-state index contributed by atoms with van der Waals surface area (Å²) < 4.78 is 19.7. The Morgan fingerprint density at radius 3 is 2.35 bits per heavy atom. The minimum Gasteiger partial charge on any atom is -0.390 e. The molecule has 2 amide bonds. The molecule has 10 nitrogen and oxygen atoms in total. The Kier molecular flexibility index (Phi) is 18.1. The third-order valence-corrected chi connectivity index (χ3v) is 11.7. The SMILES string of the molecule is C/C=C/C(O)CC1CCC(C)C(C(C)C(=O)NCC(O)C(C)C(=O)NCCCC2OC3(CCCC(CCC(C)/C=C(\C)C(C)O)O3)CCC2C)O1. The molecule has 0 bridgehead atoms. The predicted octanol–water partition coefficient (Wildman–Crippen LogP) is 5.97. The predicted molar refractivity (Wildman–Crippen MR) is 201 cm³/mol. The number of nitrogens with one attached hydrogen (secondary N) is 2. The van der Waals surface area contributed by atoms with E-state index in [-0.39, 0.29) is 48.7 Å². The van der Waals surface area contributed by atoms with Crippen molar-refractivity contribution in [3.8, 4) is 0 Å². The lowest BCUT2D eigenvalue weighted by atomic mass is 9.85. The van der Waals surface area contributed by atoms with Gasteiger partial charge in [0.15, 0.2) is 5.79 Å². The molecule has 10 heteroatoms. The average molecular weight is 721 g/mol. The van der Waals surface area contributed by atoms with Gasteiger partial charge in [0.1, 0.15) is 0 Å². The molecule has 0 aliphatic carbocycles. The quantitative estimate of drug-likeness (QED) is 0.0861. The monoisotopic (exact) mass is 721 g/mol. The Hall–Kier alpha value is -1.82. The molecule has 13 atom stereocenters. The second-order valence-corrected chi connectivity index (χ2v) is 16.3. The fourth-order valence-electron chi connectivity index (χ4n) is 7.98. The maximum Gasteiger partial charge on any atom is 0.225 e. The van der Waals surface area contributed by atoms with E-state index in [0.717, 1.165) is 76.2 Å². The molecule has 5 N–H and O–H groups in total. The summed E-state index contributed by atoms with van der Waals surface area (Å²) in [5.41, 5.74) is 1.01. The van der Waals surface area contributed by atoms with E-state index >= 15 is 0 Å². The average Bonchev–Trinajstić information content (AvgIpc) is 3.09. The van der Waals surface area contributed by atoms with Gasteiger partial charge in [0.25, 0.3) is 0 Å². The fourth-order valence-corrected chi connectivity index (χ4v) is 7.98. The number of rotatable bonds is 18. The Morgan fingerprint density at radius 2 is 1.65 bits per heavy atom. The van der Waals surface area contributed by atoms with Crippen LogP contribution in [0.3, 0.4) is 0 Å². The number of aliphatic hydroxyl groups excluding tert-OH is 3. The molecule has 3 rings (SSSR count). The number of carbonyl (C=O) groups excluding carboxylic acids is 2. The van der Waals surface area contributed by atoms with E-state index < -0.39 is 35.9 Å². The van der Waals surface area contributed by atoms with Gasteiger partial charge in [0, 0.05) is 32.4 Å². The Bertz CT molecular complexity index is 1130. The highest BCUT2D eigenvalue weighted by molar-refractivity contribution is 5.80. The van der Waals surface area contributed by atoms with Crippen molar-refractivity contribution >= 4 is 11.8 Å². The highest BCUT2D eigenvalue weighted by Crippen LogP contribution is 2.43. The standard InChI is InChI=1S/C41H72N2O8/c1-9-12-33(45)24-35-18-16-28(4)38(49-35)31(7)40(48)43-25-36(46)30(6)39(47)42-22-11-14-37-27(3)19-21-41(51-37)20-10-13-34(50-41)17-15-26(2)23-29(5)32(8)44/h9,12,23,26-28,30-38,44-46H,10-11,13-22,24-25H2,1-8H3,(H,42,47)(H,43,48)/b12-9+,29-23+. The maximum atomic E-state index is 13.1. The van der Waals surface area contributed by atoms with Crippen LogP contribution in [0.4, 0.5) is 0 Å². The third-order valence-electron chi connectivity index (χ3n) is 11.7. The van der Waals surface area contributed by atoms with Crippen LogP contribution in [-0.2, 0) is 23.8 Å². The van der Waals surface area contributed by atoms with E-state index in [1.54, 1.807) is 19.9 Å². The summed E-state index contributed by atoms with van der Waals surface area (Å²) in [6.07, 6.45) is 14.5. The summed E-state index contributed by atoms with van der Waals surface area (Å²) in [5, 5.41) is 36.6. The summed E-state index contributed by atoms with van der Waals surface area (Å²) in [5.74, 6) is -1.09. The van der Waals surface area contributed by atoms with Crippen LogP contribution in [0, 0.1) is 29.6 Å². The van der Waals surface area contributed by atoms with Crippen LogP contribution in [0.1, 0.15) is 132 Å². The summed E-state index contributed by atoms with van der Waals surface area (Å²) in [6, 6.07) is 0. The zero-order chi connectivity index (χ0) is 37.7. The zero-order valence-corrected chi connectivity index (χ0v) is 32.9. The van der Waals surface area contributed by atoms with Gasteiger partial charge in [-0.05, 0) is 102 Å². The van der Waals surface area contributed by atoms with Gasteiger partial charge in [-0.1, -0.05) is 52.8 Å². The molecule has 294 valence electrons. The number of hydrogen-bond donors (Lipinski definition) is 5. The van der Waals surface area contributed by atoms with Crippen molar-refractivity contribution in [2.75, 3.05) is 13.1 Å². The molecule has 3 aliphatic rings. The van der Waals surface area contributed by atoms with E-state index in [9.17, 15) is 24.9 Å². The topological polar surface area (TPSA) is 147 Å². The van der Waals surface area contributed by atoms with Crippen LogP contribution < -0.4 is 10.6 Å². The van der Waals surface area contributed by atoms with Gasteiger partial charge < -0.3 is 40.2 Å². The van der Waals surface area contributed by atoms with Gasteiger partial charge in [-0.15, -0.1) is 0 Å². The molecular formula is C41H72N2O8. The van der Waals surface area contributed by atoms with Crippen molar-refractivity contribution < 1.29 is 39.1 Å². The van der Waals surface area contributed by atoms with Gasteiger partial charge in [0.2, 0.25) is 11.8 Å². The second kappa shape index (κ2) is 21.2. The Labute approximate surface area is 308 Å². The molecule has 0 aromatic rings. The maximum absolute atomic E-state index is 13.1. The van der Waals surface area contributed by atoms with E-state index in [4.69, 9.17) is 14.2 Å². The van der Waals surface area contributed by atoms with Crippen LogP contribution >= 0.6 is 0 Å². The van der Waals surface area contributed by atoms with E-state index in [1.165, 1.54) is 0 Å². The zero-order valence-electron chi connectivity index (χ0n) is 32.9. The second-order valence-electron chi connectivity index (χ2n) is 16.3. The van der Waals surface area contributed by atoms with Gasteiger partial charge in [-0.3, -0.25) is 9.59 Å². The largest absolute Gasteiger partial charge is 0.390 e. The van der Waals surface area contributed by atoms with Crippen LogP contribution in [0.25, 0.3) is 0 Å². The summed E-state index contributed by atoms with van der Waals surface area (Å²) in [7, 11) is 0. The van der Waals surface area contributed by atoms with Crippen molar-refractivity contribution in [3.05, 3.63) is 23.8 Å². The van der Waals surface area contributed by atoms with Crippen LogP contribution in [-0.4, -0.2) is 88.7 Å². The molecule has 13 unspecified atom stereocenters. The number of carbonyl (C=O) groups is 2. The summed E-state index contributed by atoms with van der Waals surface area (Å²) in [6.45, 7) is 16.2. The number of ether oxygens (including phenoxy) is 3. The van der Waals surface area contributed by atoms with Crippen molar-refractivity contribution in [2.45, 2.75) is 181 Å². The van der Waals surface area contributed by atoms with E-state index in [1.807, 2.05) is 26.8 Å². The molecule has 0 radical (unpaired) electrons. The molecule has 3 saturated heterocycles. The number of aliphatic hydroxyl groups is 3. The Balaban J connectivity index is 1.38. The highest BCUT2D eigenvalue weighted by atomic mass is 16.7. The van der Waals surface area contributed by atoms with Gasteiger partial charge in [-0.2, -0.15) is 0 Å². The lowest BCUT2D eigenvalue weighted by Crippen LogP contribution is -2.50. The lowest BCUT2D eigenvalue weighted by molar-refractivity contribution is -0.324. The minimum absolute atomic E-state index is 0.0179. The van der Waals surface area contributed by atoms with Crippen LogP contribution in [0.5, 0.6) is 0 Å². The number of amides is 2. The van der Waals surface area contributed by atoms with Gasteiger partial charge >= 0.3 is 0 Å². The molecule has 0 saturated carbocycles. The molecule has 3 heterocycles. The first kappa shape index (κ1) is 43.6. The van der Waals surface area contributed by atoms with E-state index in [0.29, 0.717) is 24.8 Å². The number of allylic oxidation sites excluding steroid dienone is 2. The van der Waals surface area contributed by atoms with Crippen LogP contribution in [0.15, 0.2) is 23.8 Å². The summed E-state index contributed by atoms with van der Waals surface area (Å²) >= 11 is 0. The highest BCUT2D eigenvalue weighted by Gasteiger charge is 2.44. The van der Waals surface area contributed by atoms with Gasteiger partial charge in [0.05, 0.1) is 54.6 Å². The van der Waals surface area contributed by atoms with Crippen molar-refractivity contribution in [3.63, 3.8) is 0 Å². The van der Waals surface area contributed by atoms with Crippen molar-refractivity contribution in [2.24, 2.45) is 29.6 Å². The van der Waals surface area contributed by atoms with Crippen molar-refractivity contribution in [1.82, 2.24) is 10.6 Å². The molecule has 51 heavy (non-hydrogen) atoms. The first-order valence-electron chi connectivity index (χ1n) is 20.1. The van der Waals surface area contributed by atoms with Crippen LogP contribution in [0.2, 0.25) is 0 Å². The first-order valence-corrected chi connectivity index (χ1v) is 20.1. The summed E-state index contributed by atoms with van der Waals surface area (Å²) in [4.78, 5) is 26.0. The molecule has 0 aromatic heterocycles. The fraction of sp³-hybridized carbons (Fsp3) is 0.854. The van der Waals surface area contributed by atoms with Crippen molar-refractivity contribution in [1.29, 1.82) is 0 Å². The molecule has 1 spiro atoms. The van der Waals surface area contributed by atoms with E-state index in [2.05, 4.69) is 37.5 Å². The molecule has 0 aromatic carbocycles. The third kappa shape index (κ3) is 13.8. The minimum atomic E-state index is -1.02.